The zero-order valence-electron chi connectivity index (χ0n) is 22.2. The smallest absolute Gasteiger partial charge is 0.355 e. The van der Waals surface area contributed by atoms with Gasteiger partial charge in [-0.2, -0.15) is 0 Å². The second-order valence-corrected chi connectivity index (χ2v) is 11.0. The molecule has 41 heavy (non-hydrogen) atoms. The minimum Gasteiger partial charge on any atom is -0.457 e. The SMILES string of the molecule is CC[C@@]1(OC(=O)COCCCc2ccc(Cl)cc2Cl)C(=O)OCc2c1cc1n(c2=O)Cc2cc3ccccc3nc2-1. The van der Waals surface area contributed by atoms with Crippen LogP contribution in [0.25, 0.3) is 22.3 Å². The monoisotopic (exact) mass is 592 g/mol. The first-order chi connectivity index (χ1) is 19.8. The van der Waals surface area contributed by atoms with Crippen molar-refractivity contribution < 1.29 is 23.8 Å². The summed E-state index contributed by atoms with van der Waals surface area (Å²) in [6.07, 6.45) is 1.34. The van der Waals surface area contributed by atoms with E-state index in [1.807, 2.05) is 36.4 Å². The quantitative estimate of drug-likeness (QED) is 0.171. The molecule has 0 amide bonds. The fourth-order valence-electron chi connectivity index (χ4n) is 5.55. The largest absolute Gasteiger partial charge is 0.457 e. The molecule has 0 saturated heterocycles. The van der Waals surface area contributed by atoms with Gasteiger partial charge < -0.3 is 18.8 Å². The van der Waals surface area contributed by atoms with Gasteiger partial charge >= 0.3 is 11.9 Å². The predicted octanol–water partition coefficient (Wildman–Crippen LogP) is 5.59. The molecule has 2 aliphatic heterocycles. The van der Waals surface area contributed by atoms with E-state index in [1.54, 1.807) is 29.7 Å². The van der Waals surface area contributed by atoms with E-state index < -0.39 is 17.5 Å². The van der Waals surface area contributed by atoms with Crippen molar-refractivity contribution in [2.75, 3.05) is 13.2 Å². The van der Waals surface area contributed by atoms with Crippen LogP contribution in [0.4, 0.5) is 0 Å². The molecule has 0 aliphatic carbocycles. The maximum atomic E-state index is 13.6. The molecule has 1 atom stereocenters. The zero-order valence-corrected chi connectivity index (χ0v) is 23.8. The van der Waals surface area contributed by atoms with Crippen molar-refractivity contribution in [3.05, 3.63) is 97.3 Å². The maximum absolute atomic E-state index is 13.6. The zero-order chi connectivity index (χ0) is 28.7. The Labute approximate surface area is 245 Å². The highest BCUT2D eigenvalue weighted by molar-refractivity contribution is 6.35. The highest BCUT2D eigenvalue weighted by atomic mass is 35.5. The number of nitrogens with zero attached hydrogens (tertiary/aromatic N) is 2. The van der Waals surface area contributed by atoms with E-state index in [4.69, 9.17) is 42.4 Å². The number of para-hydroxylation sites is 1. The van der Waals surface area contributed by atoms with Crippen molar-refractivity contribution in [1.82, 2.24) is 9.55 Å². The van der Waals surface area contributed by atoms with Crippen LogP contribution >= 0.6 is 23.2 Å². The Balaban J connectivity index is 1.22. The second-order valence-electron chi connectivity index (χ2n) is 10.1. The average molecular weight is 593 g/mol. The van der Waals surface area contributed by atoms with Crippen molar-refractivity contribution in [2.24, 2.45) is 0 Å². The number of pyridine rings is 2. The standard InChI is InChI=1S/C31H26Cl2N2O6/c1-2-31(41-27(36)17-39-11-5-7-18-9-10-21(32)13-24(18)33)23-14-26-28-20(12-19-6-3-4-8-25(19)34-28)15-35(26)29(37)22(23)16-40-30(31)38/h3-4,6,8-10,12-14H,2,5,7,11,15-17H2,1H3/t31-/m0/s1. The van der Waals surface area contributed by atoms with Gasteiger partial charge in [-0.25, -0.2) is 14.6 Å². The molecule has 10 heteroatoms. The fraction of sp³-hybridized carbons (Fsp3) is 0.290. The summed E-state index contributed by atoms with van der Waals surface area (Å²) in [5.41, 5.74) is 2.45. The molecule has 0 radical (unpaired) electrons. The third kappa shape index (κ3) is 4.90. The third-order valence-corrected chi connectivity index (χ3v) is 8.23. The normalized spacial score (nSPS) is 17.1. The highest BCUT2D eigenvalue weighted by Gasteiger charge is 2.50. The summed E-state index contributed by atoms with van der Waals surface area (Å²) in [5, 5.41) is 2.11. The number of esters is 2. The van der Waals surface area contributed by atoms with E-state index in [1.165, 1.54) is 0 Å². The van der Waals surface area contributed by atoms with Crippen molar-refractivity contribution in [1.29, 1.82) is 0 Å². The van der Waals surface area contributed by atoms with Gasteiger partial charge in [0.15, 0.2) is 0 Å². The number of halogens is 2. The lowest BCUT2D eigenvalue weighted by Gasteiger charge is -2.35. The second kappa shape index (κ2) is 10.9. The van der Waals surface area contributed by atoms with Gasteiger partial charge in [0, 0.05) is 33.2 Å². The van der Waals surface area contributed by atoms with Crippen molar-refractivity contribution >= 4 is 46.0 Å². The van der Waals surface area contributed by atoms with Gasteiger partial charge in [0.1, 0.15) is 13.2 Å². The minimum absolute atomic E-state index is 0.0839. The number of rotatable bonds is 8. The van der Waals surface area contributed by atoms with Crippen LogP contribution < -0.4 is 5.56 Å². The molecule has 4 aromatic rings. The summed E-state index contributed by atoms with van der Waals surface area (Å²) >= 11 is 12.2. The van der Waals surface area contributed by atoms with Crippen LogP contribution in [-0.4, -0.2) is 34.7 Å². The molecule has 4 heterocycles. The lowest BCUT2D eigenvalue weighted by Crippen LogP contribution is -2.48. The minimum atomic E-state index is -1.76. The highest BCUT2D eigenvalue weighted by Crippen LogP contribution is 2.41. The Kier molecular flexibility index (Phi) is 7.32. The Bertz CT molecular complexity index is 1770. The third-order valence-electron chi connectivity index (χ3n) is 7.64. The van der Waals surface area contributed by atoms with Crippen LogP contribution in [-0.2, 0) is 49.0 Å². The number of cyclic esters (lactones) is 1. The van der Waals surface area contributed by atoms with E-state index in [2.05, 4.69) is 0 Å². The van der Waals surface area contributed by atoms with Gasteiger partial charge in [0.2, 0.25) is 5.60 Å². The van der Waals surface area contributed by atoms with E-state index >= 15 is 0 Å². The molecule has 2 aliphatic rings. The molecule has 6 rings (SSSR count). The molecule has 8 nitrogen and oxygen atoms in total. The van der Waals surface area contributed by atoms with Crippen LogP contribution in [0.5, 0.6) is 0 Å². The first kappa shape index (κ1) is 27.4. The molecule has 0 saturated carbocycles. The maximum Gasteiger partial charge on any atom is 0.355 e. The average Bonchev–Trinajstić information content (AvgIpc) is 3.32. The van der Waals surface area contributed by atoms with Gasteiger partial charge in [0.25, 0.3) is 5.56 Å². The Hall–Kier alpha value is -3.72. The molecular formula is C31H26Cl2N2O6. The Morgan fingerprint density at radius 1 is 1.12 bits per heavy atom. The van der Waals surface area contributed by atoms with Crippen LogP contribution in [0, 0.1) is 0 Å². The first-order valence-corrected chi connectivity index (χ1v) is 14.1. The van der Waals surface area contributed by atoms with Crippen LogP contribution in [0.2, 0.25) is 10.0 Å². The van der Waals surface area contributed by atoms with Crippen molar-refractivity contribution in [3.8, 4) is 11.4 Å². The molecule has 0 fully saturated rings. The van der Waals surface area contributed by atoms with Crippen LogP contribution in [0.15, 0.2) is 59.4 Å². The molecule has 210 valence electrons. The van der Waals surface area contributed by atoms with Crippen molar-refractivity contribution in [2.45, 2.75) is 44.9 Å². The number of aromatic nitrogens is 2. The van der Waals surface area contributed by atoms with E-state index in [9.17, 15) is 14.4 Å². The Morgan fingerprint density at radius 3 is 2.76 bits per heavy atom. The molecule has 0 N–H and O–H groups in total. The van der Waals surface area contributed by atoms with Gasteiger partial charge in [-0.3, -0.25) is 4.79 Å². The molecule has 0 bridgehead atoms. The molecule has 0 spiro atoms. The van der Waals surface area contributed by atoms with Gasteiger partial charge in [0.05, 0.1) is 29.0 Å². The summed E-state index contributed by atoms with van der Waals surface area (Å²) in [4.78, 5) is 44.6. The summed E-state index contributed by atoms with van der Waals surface area (Å²) in [7, 11) is 0. The van der Waals surface area contributed by atoms with Gasteiger partial charge in [-0.1, -0.05) is 54.4 Å². The summed E-state index contributed by atoms with van der Waals surface area (Å²) in [5.74, 6) is -1.45. The lowest BCUT2D eigenvalue weighted by molar-refractivity contribution is -0.191. The molecule has 2 aromatic heterocycles. The molecule has 0 unspecified atom stereocenters. The lowest BCUT2D eigenvalue weighted by atomic mass is 9.85. The molecular weight excluding hydrogens is 567 g/mol. The Morgan fingerprint density at radius 2 is 1.95 bits per heavy atom. The van der Waals surface area contributed by atoms with E-state index in [0.717, 1.165) is 22.0 Å². The fourth-order valence-corrected chi connectivity index (χ4v) is 6.05. The van der Waals surface area contributed by atoms with Crippen molar-refractivity contribution in [3.63, 3.8) is 0 Å². The number of ether oxygens (including phenoxy) is 3. The van der Waals surface area contributed by atoms with Crippen LogP contribution in [0.3, 0.4) is 0 Å². The van der Waals surface area contributed by atoms with Gasteiger partial charge in [-0.05, 0) is 55.2 Å². The number of fused-ring (bicyclic) bond motifs is 5. The molecule has 2 aromatic carbocycles. The number of carbonyl (C=O) groups is 2. The predicted molar refractivity (Wildman–Crippen MR) is 154 cm³/mol. The number of hydrogen-bond acceptors (Lipinski definition) is 7. The number of hydrogen-bond donors (Lipinski definition) is 0. The number of benzene rings is 2. The number of aryl methyl sites for hydroxylation is 1. The van der Waals surface area contributed by atoms with Crippen LogP contribution in [0.1, 0.15) is 42.0 Å². The summed E-state index contributed by atoms with van der Waals surface area (Å²) in [6, 6.07) is 16.8. The summed E-state index contributed by atoms with van der Waals surface area (Å²) in [6.45, 7) is 1.79. The first-order valence-electron chi connectivity index (χ1n) is 13.4. The summed E-state index contributed by atoms with van der Waals surface area (Å²) < 4.78 is 18.4. The van der Waals surface area contributed by atoms with Gasteiger partial charge in [-0.15, -0.1) is 0 Å². The van der Waals surface area contributed by atoms with E-state index in [0.29, 0.717) is 51.9 Å². The topological polar surface area (TPSA) is 96.7 Å². The number of carbonyl (C=O) groups excluding carboxylic acids is 2. The van der Waals surface area contributed by atoms with E-state index in [-0.39, 0.29) is 31.8 Å².